The Labute approximate surface area is 111 Å². The van der Waals surface area contributed by atoms with Crippen molar-refractivity contribution in [2.75, 3.05) is 13.7 Å². The summed E-state index contributed by atoms with van der Waals surface area (Å²) >= 11 is 0. The first-order valence-corrected chi connectivity index (χ1v) is 5.98. The zero-order valence-corrected chi connectivity index (χ0v) is 11.1. The molecule has 0 aliphatic rings. The summed E-state index contributed by atoms with van der Waals surface area (Å²) in [4.78, 5) is 11.4. The molecular weight excluding hydrogens is 251 g/mol. The van der Waals surface area contributed by atoms with Crippen LogP contribution in [0.15, 0.2) is 18.2 Å². The predicted molar refractivity (Wildman–Crippen MR) is 69.0 cm³/mol. The van der Waals surface area contributed by atoms with Gasteiger partial charge in [-0.3, -0.25) is 0 Å². The summed E-state index contributed by atoms with van der Waals surface area (Å²) in [7, 11) is 1.49. The zero-order chi connectivity index (χ0) is 14.3. The van der Waals surface area contributed by atoms with Crippen LogP contribution in [0, 0.1) is 5.82 Å². The van der Waals surface area contributed by atoms with E-state index in [0.29, 0.717) is 5.56 Å². The molecule has 0 bridgehead atoms. The summed E-state index contributed by atoms with van der Waals surface area (Å²) in [5.41, 5.74) is 1.23. The van der Waals surface area contributed by atoms with Gasteiger partial charge in [0.05, 0.1) is 19.3 Å². The molecule has 0 aliphatic heterocycles. The van der Waals surface area contributed by atoms with E-state index in [1.54, 1.807) is 19.1 Å². The number of aliphatic hydroxyl groups is 1. The standard InChI is InChI=1S/C13H19FN2O3/c1-9(7-17)16-13(18)15-6-10-3-4-12(14)11(5-10)8-19-2/h3-5,9,17H,6-8H2,1-2H3,(H2,15,16,18). The Bertz CT molecular complexity index is 426. The first kappa shape index (κ1) is 15.4. The fourth-order valence-electron chi connectivity index (χ4n) is 1.51. The van der Waals surface area contributed by atoms with Crippen molar-refractivity contribution in [1.82, 2.24) is 10.6 Å². The number of methoxy groups -OCH3 is 1. The fraction of sp³-hybridized carbons (Fsp3) is 0.462. The third-order valence-electron chi connectivity index (χ3n) is 2.51. The highest BCUT2D eigenvalue weighted by molar-refractivity contribution is 5.74. The van der Waals surface area contributed by atoms with E-state index >= 15 is 0 Å². The number of rotatable bonds is 6. The van der Waals surface area contributed by atoms with Gasteiger partial charge in [0.2, 0.25) is 0 Å². The number of halogens is 1. The van der Waals surface area contributed by atoms with Crippen molar-refractivity contribution in [3.8, 4) is 0 Å². The number of hydrogen-bond acceptors (Lipinski definition) is 3. The lowest BCUT2D eigenvalue weighted by Gasteiger charge is -2.12. The van der Waals surface area contributed by atoms with Crippen molar-refractivity contribution in [3.63, 3.8) is 0 Å². The molecule has 0 aromatic heterocycles. The highest BCUT2D eigenvalue weighted by atomic mass is 19.1. The van der Waals surface area contributed by atoms with Crippen molar-refractivity contribution < 1.29 is 19.0 Å². The van der Waals surface area contributed by atoms with Gasteiger partial charge in [0.1, 0.15) is 5.82 Å². The summed E-state index contributed by atoms with van der Waals surface area (Å²) in [6.07, 6.45) is 0. The van der Waals surface area contributed by atoms with Gasteiger partial charge in [-0.15, -0.1) is 0 Å². The molecule has 1 aromatic rings. The molecule has 0 fully saturated rings. The highest BCUT2D eigenvalue weighted by Gasteiger charge is 2.07. The molecule has 1 unspecified atom stereocenters. The van der Waals surface area contributed by atoms with Gasteiger partial charge in [0.25, 0.3) is 0 Å². The van der Waals surface area contributed by atoms with E-state index in [-0.39, 0.29) is 37.6 Å². The number of urea groups is 1. The van der Waals surface area contributed by atoms with Crippen LogP contribution in [0.5, 0.6) is 0 Å². The number of carbonyl (C=O) groups excluding carboxylic acids is 1. The summed E-state index contributed by atoms with van der Waals surface area (Å²) < 4.78 is 18.3. The van der Waals surface area contributed by atoms with Crippen LogP contribution in [0.3, 0.4) is 0 Å². The Morgan fingerprint density at radius 3 is 2.89 bits per heavy atom. The lowest BCUT2D eigenvalue weighted by molar-refractivity contribution is 0.181. The number of nitrogens with one attached hydrogen (secondary N) is 2. The topological polar surface area (TPSA) is 70.6 Å². The Morgan fingerprint density at radius 1 is 1.53 bits per heavy atom. The van der Waals surface area contributed by atoms with Crippen molar-refractivity contribution in [2.45, 2.75) is 26.1 Å². The Balaban J connectivity index is 2.53. The molecule has 1 atom stereocenters. The third-order valence-corrected chi connectivity index (χ3v) is 2.51. The maximum absolute atomic E-state index is 13.4. The minimum absolute atomic E-state index is 0.123. The second kappa shape index (κ2) is 7.70. The summed E-state index contributed by atoms with van der Waals surface area (Å²) in [6.45, 7) is 2.03. The van der Waals surface area contributed by atoms with E-state index in [4.69, 9.17) is 9.84 Å². The van der Waals surface area contributed by atoms with Crippen molar-refractivity contribution in [1.29, 1.82) is 0 Å². The first-order valence-electron chi connectivity index (χ1n) is 5.98. The highest BCUT2D eigenvalue weighted by Crippen LogP contribution is 2.11. The van der Waals surface area contributed by atoms with E-state index in [2.05, 4.69) is 10.6 Å². The monoisotopic (exact) mass is 270 g/mol. The maximum Gasteiger partial charge on any atom is 0.315 e. The minimum atomic E-state index is -0.376. The quantitative estimate of drug-likeness (QED) is 0.726. The normalized spacial score (nSPS) is 12.0. The van der Waals surface area contributed by atoms with Gasteiger partial charge in [-0.2, -0.15) is 0 Å². The molecule has 3 N–H and O–H groups in total. The molecule has 0 heterocycles. The van der Waals surface area contributed by atoms with Gasteiger partial charge in [-0.05, 0) is 24.6 Å². The largest absolute Gasteiger partial charge is 0.394 e. The fourth-order valence-corrected chi connectivity index (χ4v) is 1.51. The van der Waals surface area contributed by atoms with Crippen LogP contribution in [-0.2, 0) is 17.9 Å². The maximum atomic E-state index is 13.4. The summed E-state index contributed by atoms with van der Waals surface area (Å²) in [6, 6.07) is 3.91. The van der Waals surface area contributed by atoms with Crippen LogP contribution in [0.4, 0.5) is 9.18 Å². The van der Waals surface area contributed by atoms with Crippen LogP contribution < -0.4 is 10.6 Å². The second-order valence-corrected chi connectivity index (χ2v) is 4.27. The first-order chi connectivity index (χ1) is 9.06. The molecule has 0 spiro atoms. The van der Waals surface area contributed by atoms with Crippen LogP contribution in [0.2, 0.25) is 0 Å². The van der Waals surface area contributed by atoms with E-state index in [0.717, 1.165) is 5.56 Å². The van der Waals surface area contributed by atoms with Gasteiger partial charge >= 0.3 is 6.03 Å². The van der Waals surface area contributed by atoms with Gasteiger partial charge < -0.3 is 20.5 Å². The number of benzene rings is 1. The lowest BCUT2D eigenvalue weighted by Crippen LogP contribution is -2.41. The number of hydrogen-bond donors (Lipinski definition) is 3. The van der Waals surface area contributed by atoms with Crippen LogP contribution in [0.1, 0.15) is 18.1 Å². The summed E-state index contributed by atoms with van der Waals surface area (Å²) in [5.74, 6) is -0.330. The van der Waals surface area contributed by atoms with Gasteiger partial charge in [0, 0.05) is 19.2 Å². The molecule has 0 radical (unpaired) electrons. The molecule has 0 aliphatic carbocycles. The lowest BCUT2D eigenvalue weighted by atomic mass is 10.1. The number of carbonyl (C=O) groups is 1. The molecule has 2 amide bonds. The molecule has 106 valence electrons. The molecule has 0 saturated heterocycles. The van der Waals surface area contributed by atoms with Crippen LogP contribution >= 0.6 is 0 Å². The molecule has 0 saturated carbocycles. The number of aliphatic hydroxyl groups excluding tert-OH is 1. The van der Waals surface area contributed by atoms with Crippen molar-refractivity contribution >= 4 is 6.03 Å². The third kappa shape index (κ3) is 5.23. The van der Waals surface area contributed by atoms with Crippen molar-refractivity contribution in [3.05, 3.63) is 35.1 Å². The molecule has 6 heteroatoms. The minimum Gasteiger partial charge on any atom is -0.394 e. The molecular formula is C13H19FN2O3. The van der Waals surface area contributed by atoms with Crippen LogP contribution in [-0.4, -0.2) is 30.9 Å². The number of ether oxygens (including phenoxy) is 1. The molecule has 19 heavy (non-hydrogen) atoms. The van der Waals surface area contributed by atoms with Gasteiger partial charge in [0.15, 0.2) is 0 Å². The van der Waals surface area contributed by atoms with Crippen molar-refractivity contribution in [2.24, 2.45) is 0 Å². The Hall–Kier alpha value is -1.66. The average Bonchev–Trinajstić information content (AvgIpc) is 2.39. The second-order valence-electron chi connectivity index (χ2n) is 4.27. The molecule has 5 nitrogen and oxygen atoms in total. The molecule has 1 aromatic carbocycles. The van der Waals surface area contributed by atoms with Gasteiger partial charge in [-0.25, -0.2) is 9.18 Å². The van der Waals surface area contributed by atoms with E-state index < -0.39 is 0 Å². The number of amides is 2. The van der Waals surface area contributed by atoms with Crippen LogP contribution in [0.25, 0.3) is 0 Å². The van der Waals surface area contributed by atoms with E-state index in [1.807, 2.05) is 0 Å². The smallest absolute Gasteiger partial charge is 0.315 e. The van der Waals surface area contributed by atoms with E-state index in [9.17, 15) is 9.18 Å². The Morgan fingerprint density at radius 2 is 2.26 bits per heavy atom. The predicted octanol–water partition coefficient (Wildman–Crippen LogP) is 1.15. The summed E-state index contributed by atoms with van der Waals surface area (Å²) in [5, 5.41) is 14.0. The SMILES string of the molecule is COCc1cc(CNC(=O)NC(C)CO)ccc1F. The van der Waals surface area contributed by atoms with Gasteiger partial charge in [-0.1, -0.05) is 6.07 Å². The average molecular weight is 270 g/mol. The Kier molecular flexibility index (Phi) is 6.24. The molecule has 1 rings (SSSR count). The zero-order valence-electron chi connectivity index (χ0n) is 11.1. The van der Waals surface area contributed by atoms with E-state index in [1.165, 1.54) is 13.2 Å².